The minimum absolute atomic E-state index is 0.124. The lowest BCUT2D eigenvalue weighted by atomic mass is 9.77. The highest BCUT2D eigenvalue weighted by atomic mass is 32.1. The number of hydrogen-bond donors (Lipinski definition) is 3. The third-order valence-electron chi connectivity index (χ3n) is 4.69. The van der Waals surface area contributed by atoms with Crippen LogP contribution in [0.2, 0.25) is 0 Å². The highest BCUT2D eigenvalue weighted by molar-refractivity contribution is 7.80. The molecule has 1 aliphatic heterocycles. The van der Waals surface area contributed by atoms with E-state index in [1.807, 2.05) is 0 Å². The molecule has 0 aromatic heterocycles. The molecular weight excluding hydrogens is 427 g/mol. The molecule has 0 bridgehead atoms. The fourth-order valence-corrected chi connectivity index (χ4v) is 3.55. The van der Waals surface area contributed by atoms with E-state index in [1.165, 1.54) is 24.3 Å². The largest absolute Gasteiger partial charge is 0.868 e. The fourth-order valence-electron chi connectivity index (χ4n) is 3.27. The predicted octanol–water partition coefficient (Wildman–Crippen LogP) is 1.94. The van der Waals surface area contributed by atoms with Crippen LogP contribution in [0.1, 0.15) is 22.0 Å². The van der Waals surface area contributed by atoms with Gasteiger partial charge in [-0.05, 0) is 23.5 Å². The van der Waals surface area contributed by atoms with E-state index >= 15 is 0 Å². The molecule has 8 nitrogen and oxygen atoms in total. The van der Waals surface area contributed by atoms with Gasteiger partial charge in [0.1, 0.15) is 5.92 Å². The van der Waals surface area contributed by atoms with E-state index in [0.717, 1.165) is 18.2 Å². The smallest absolute Gasteiger partial charge is 0.437 e. The number of thiocarbonyl (C=S) groups is 1. The van der Waals surface area contributed by atoms with E-state index in [-0.39, 0.29) is 11.1 Å². The Morgan fingerprint density at radius 3 is 2.40 bits per heavy atom. The van der Waals surface area contributed by atoms with E-state index in [2.05, 4.69) is 5.32 Å². The summed E-state index contributed by atoms with van der Waals surface area (Å²) in [6, 6.07) is 7.94. The highest BCUT2D eigenvalue weighted by Gasteiger charge is 2.65. The lowest BCUT2D eigenvalue weighted by Crippen LogP contribution is -2.72. The lowest BCUT2D eigenvalue weighted by Gasteiger charge is -2.46. The summed E-state index contributed by atoms with van der Waals surface area (Å²) in [7, 11) is 0. The molecule has 12 heteroatoms. The second-order valence-electron chi connectivity index (χ2n) is 6.53. The van der Waals surface area contributed by atoms with Crippen molar-refractivity contribution in [2.24, 2.45) is 5.92 Å². The Hall–Kier alpha value is -3.25. The van der Waals surface area contributed by atoms with Gasteiger partial charge in [0.05, 0.1) is 11.0 Å². The van der Waals surface area contributed by atoms with Gasteiger partial charge in [-0.3, -0.25) is 14.9 Å². The average Bonchev–Trinajstić information content (AvgIpc) is 2.67. The van der Waals surface area contributed by atoms with Crippen LogP contribution < -0.4 is 15.7 Å². The van der Waals surface area contributed by atoms with Crippen molar-refractivity contribution < 1.29 is 33.1 Å². The van der Waals surface area contributed by atoms with Crippen LogP contribution in [0.15, 0.2) is 48.5 Å². The van der Waals surface area contributed by atoms with Crippen LogP contribution >= 0.6 is 12.2 Å². The van der Waals surface area contributed by atoms with Gasteiger partial charge in [-0.25, -0.2) is 0 Å². The number of nitrogens with one attached hydrogen (secondary N) is 2. The van der Waals surface area contributed by atoms with Crippen LogP contribution in [-0.4, -0.2) is 32.8 Å². The molecule has 30 heavy (non-hydrogen) atoms. The van der Waals surface area contributed by atoms with Crippen molar-refractivity contribution in [2.75, 3.05) is 0 Å². The summed E-state index contributed by atoms with van der Waals surface area (Å²) in [5.74, 6) is -4.27. The molecule has 2 aromatic rings. The Bertz CT molecular complexity index is 1020. The average molecular weight is 440 g/mol. The Balaban J connectivity index is 2.20. The zero-order chi connectivity index (χ0) is 22.3. The van der Waals surface area contributed by atoms with Crippen LogP contribution in [0.4, 0.5) is 18.9 Å². The summed E-state index contributed by atoms with van der Waals surface area (Å²) < 4.78 is 41.6. The number of nitro benzene ring substituents is 1. The number of rotatable bonds is 4. The molecule has 3 N–H and O–H groups in total. The van der Waals surface area contributed by atoms with Gasteiger partial charge in [0.2, 0.25) is 5.72 Å². The summed E-state index contributed by atoms with van der Waals surface area (Å²) in [6.45, 7) is 0. The van der Waals surface area contributed by atoms with Crippen molar-refractivity contribution in [3.05, 3.63) is 69.8 Å². The van der Waals surface area contributed by atoms with Gasteiger partial charge >= 0.3 is 6.18 Å². The number of nitrogens with zero attached hydrogens (tertiary/aromatic N) is 1. The first kappa shape index (κ1) is 21.5. The van der Waals surface area contributed by atoms with Crippen molar-refractivity contribution in [3.8, 4) is 5.75 Å². The highest BCUT2D eigenvalue weighted by Crippen LogP contribution is 2.44. The molecule has 158 valence electrons. The predicted molar refractivity (Wildman–Crippen MR) is 99.4 cm³/mol. The Morgan fingerprint density at radius 2 is 1.83 bits per heavy atom. The standard InChI is InChI=1S/C18H14F3N3O5S/c19-18(20,21)17(27)13(15(26)9-4-2-1-3-5-9)14(22-16(30)23-17)10-6-7-12(25)11(8-10)24(28)29/h1-8,13-14,25,27H,(H2,22,23,30)/p-1/t13-,14+,17-/m1/s1. The zero-order valence-corrected chi connectivity index (χ0v) is 15.7. The number of benzene rings is 2. The second-order valence-corrected chi connectivity index (χ2v) is 6.94. The van der Waals surface area contributed by atoms with Gasteiger partial charge in [0, 0.05) is 11.6 Å². The number of carbonyl (C=O) groups excluding carboxylic acids is 1. The van der Waals surface area contributed by atoms with Crippen LogP contribution in [-0.2, 0) is 0 Å². The maximum atomic E-state index is 13.9. The Morgan fingerprint density at radius 1 is 1.20 bits per heavy atom. The van der Waals surface area contributed by atoms with Gasteiger partial charge in [-0.2, -0.15) is 13.2 Å². The SMILES string of the molecule is O=C(c1ccccc1)[C@H]1[C@H](c2ccc([O-])c([N+](=O)[O-])c2)NC(=S)N[C@]1(O)C(F)(F)F. The number of alkyl halides is 3. The van der Waals surface area contributed by atoms with Gasteiger partial charge in [0.25, 0.3) is 5.69 Å². The Labute approximate surface area is 172 Å². The van der Waals surface area contributed by atoms with E-state index in [9.17, 15) is 38.3 Å². The molecular formula is C18H13F3N3O5S-. The maximum Gasteiger partial charge on any atom is 0.437 e. The molecule has 0 unspecified atom stereocenters. The fraction of sp³-hybridized carbons (Fsp3) is 0.222. The first-order chi connectivity index (χ1) is 14.0. The van der Waals surface area contributed by atoms with E-state index < -0.39 is 51.1 Å². The number of ketones is 1. The molecule has 0 radical (unpaired) electrons. The van der Waals surface area contributed by atoms with Gasteiger partial charge in [0.15, 0.2) is 10.9 Å². The molecule has 2 aromatic carbocycles. The van der Waals surface area contributed by atoms with E-state index in [4.69, 9.17) is 12.2 Å². The number of nitro groups is 1. The molecule has 3 rings (SSSR count). The van der Waals surface area contributed by atoms with Crippen molar-refractivity contribution in [2.45, 2.75) is 17.9 Å². The number of Topliss-reactive ketones (excluding diaryl/α,β-unsaturated/α-hetero) is 1. The quantitative estimate of drug-likeness (QED) is 0.285. The molecule has 1 saturated heterocycles. The molecule has 1 heterocycles. The molecule has 0 amide bonds. The molecule has 0 spiro atoms. The number of hydrogen-bond acceptors (Lipinski definition) is 6. The summed E-state index contributed by atoms with van der Waals surface area (Å²) in [5.41, 5.74) is -4.97. The summed E-state index contributed by atoms with van der Waals surface area (Å²) in [5, 5.41) is 36.9. The van der Waals surface area contributed by atoms with E-state index in [1.54, 1.807) is 11.4 Å². The van der Waals surface area contributed by atoms with Crippen LogP contribution in [0.3, 0.4) is 0 Å². The molecule has 3 atom stereocenters. The summed E-state index contributed by atoms with van der Waals surface area (Å²) in [4.78, 5) is 23.2. The monoisotopic (exact) mass is 440 g/mol. The van der Waals surface area contributed by atoms with Crippen molar-refractivity contribution >= 4 is 28.8 Å². The molecule has 1 aliphatic rings. The van der Waals surface area contributed by atoms with Crippen molar-refractivity contribution in [1.29, 1.82) is 0 Å². The van der Waals surface area contributed by atoms with Crippen LogP contribution in [0.25, 0.3) is 0 Å². The van der Waals surface area contributed by atoms with Crippen LogP contribution in [0.5, 0.6) is 5.75 Å². The lowest BCUT2D eigenvalue weighted by molar-refractivity contribution is -0.398. The summed E-state index contributed by atoms with van der Waals surface area (Å²) in [6.07, 6.45) is -5.34. The molecule has 0 saturated carbocycles. The number of halogens is 3. The van der Waals surface area contributed by atoms with Crippen LogP contribution in [0, 0.1) is 16.0 Å². The minimum atomic E-state index is -5.34. The third-order valence-corrected chi connectivity index (χ3v) is 4.91. The van der Waals surface area contributed by atoms with Gasteiger partial charge < -0.3 is 20.8 Å². The normalized spacial score (nSPS) is 23.9. The second kappa shape index (κ2) is 7.54. The zero-order valence-electron chi connectivity index (χ0n) is 14.8. The van der Waals surface area contributed by atoms with E-state index in [0.29, 0.717) is 0 Å². The summed E-state index contributed by atoms with van der Waals surface area (Å²) >= 11 is 4.78. The number of aliphatic hydroxyl groups is 1. The molecule has 1 fully saturated rings. The van der Waals surface area contributed by atoms with Gasteiger partial charge in [-0.1, -0.05) is 42.5 Å². The molecule has 0 aliphatic carbocycles. The maximum absolute atomic E-state index is 13.9. The number of carbonyl (C=O) groups is 1. The topological polar surface area (TPSA) is 128 Å². The van der Waals surface area contributed by atoms with Crippen molar-refractivity contribution in [1.82, 2.24) is 10.6 Å². The Kier molecular flexibility index (Phi) is 5.39. The van der Waals surface area contributed by atoms with Gasteiger partial charge in [-0.15, -0.1) is 0 Å². The third kappa shape index (κ3) is 3.66. The van der Waals surface area contributed by atoms with Crippen molar-refractivity contribution in [3.63, 3.8) is 0 Å². The first-order valence-corrected chi connectivity index (χ1v) is 8.79. The minimum Gasteiger partial charge on any atom is -0.868 e. The first-order valence-electron chi connectivity index (χ1n) is 8.38.